The molecule has 2 rings (SSSR count). The second-order valence-electron chi connectivity index (χ2n) is 4.99. The van der Waals surface area contributed by atoms with Crippen molar-refractivity contribution < 1.29 is 14.0 Å². The molecule has 1 atom stereocenters. The first-order valence-electron chi connectivity index (χ1n) is 7.24. The summed E-state index contributed by atoms with van der Waals surface area (Å²) in [5.41, 5.74) is 6.04. The molecule has 120 valence electrons. The lowest BCUT2D eigenvalue weighted by atomic mass is 10.1. The van der Waals surface area contributed by atoms with Crippen LogP contribution in [0.4, 0.5) is 15.8 Å². The summed E-state index contributed by atoms with van der Waals surface area (Å²) < 4.78 is 14.1. The number of rotatable bonds is 5. The Labute approximate surface area is 133 Å². The third-order valence-electron chi connectivity index (χ3n) is 3.31. The minimum absolute atomic E-state index is 0.0901. The van der Waals surface area contributed by atoms with Gasteiger partial charge in [-0.25, -0.2) is 4.39 Å². The summed E-state index contributed by atoms with van der Waals surface area (Å²) in [6.45, 7) is 1.76. The lowest BCUT2D eigenvalue weighted by Crippen LogP contribution is -2.35. The maximum Gasteiger partial charge on any atom is 0.260 e. The molecule has 0 bridgehead atoms. The summed E-state index contributed by atoms with van der Waals surface area (Å²) in [5, 5.41) is 5.10. The number of anilines is 2. The third-order valence-corrected chi connectivity index (χ3v) is 3.31. The molecular formula is C17H18FN3O2. The monoisotopic (exact) mass is 315 g/mol. The van der Waals surface area contributed by atoms with Crippen molar-refractivity contribution in [2.24, 2.45) is 5.73 Å². The van der Waals surface area contributed by atoms with Crippen molar-refractivity contribution in [3.63, 3.8) is 0 Å². The highest BCUT2D eigenvalue weighted by Gasteiger charge is 2.20. The number of hydrogen-bond acceptors (Lipinski definition) is 3. The van der Waals surface area contributed by atoms with E-state index >= 15 is 0 Å². The Kier molecular flexibility index (Phi) is 5.43. The van der Waals surface area contributed by atoms with Gasteiger partial charge in [0.25, 0.3) is 5.91 Å². The van der Waals surface area contributed by atoms with Crippen LogP contribution in [0.1, 0.15) is 23.7 Å². The molecular weight excluding hydrogens is 297 g/mol. The van der Waals surface area contributed by atoms with Crippen LogP contribution in [-0.4, -0.2) is 17.9 Å². The van der Waals surface area contributed by atoms with Crippen molar-refractivity contribution in [2.45, 2.75) is 19.4 Å². The number of para-hydroxylation sites is 1. The van der Waals surface area contributed by atoms with Gasteiger partial charge in [0.1, 0.15) is 5.82 Å². The number of amides is 2. The Balaban J connectivity index is 2.27. The van der Waals surface area contributed by atoms with Gasteiger partial charge in [-0.2, -0.15) is 0 Å². The highest BCUT2D eigenvalue weighted by Crippen LogP contribution is 2.21. The van der Waals surface area contributed by atoms with Gasteiger partial charge in [0.15, 0.2) is 0 Å². The van der Waals surface area contributed by atoms with Gasteiger partial charge < -0.3 is 16.4 Å². The topological polar surface area (TPSA) is 84.2 Å². The number of nitrogens with two attached hydrogens (primary N) is 1. The highest BCUT2D eigenvalue weighted by molar-refractivity contribution is 6.10. The Morgan fingerprint density at radius 2 is 1.78 bits per heavy atom. The number of carbonyl (C=O) groups excluding carboxylic acids is 2. The minimum Gasteiger partial charge on any atom is -0.324 e. The molecule has 0 saturated carbocycles. The zero-order valence-corrected chi connectivity index (χ0v) is 12.7. The van der Waals surface area contributed by atoms with Crippen LogP contribution < -0.4 is 16.4 Å². The number of carbonyl (C=O) groups is 2. The summed E-state index contributed by atoms with van der Waals surface area (Å²) in [6, 6.07) is 12.0. The van der Waals surface area contributed by atoms with Gasteiger partial charge in [0, 0.05) is 5.69 Å². The van der Waals surface area contributed by atoms with E-state index in [4.69, 9.17) is 5.73 Å². The SMILES string of the molecule is CCC(N)C(=O)Nc1cccc(F)c1C(=O)Nc1ccccc1. The highest BCUT2D eigenvalue weighted by atomic mass is 19.1. The molecule has 0 heterocycles. The summed E-state index contributed by atoms with van der Waals surface area (Å²) in [7, 11) is 0. The zero-order chi connectivity index (χ0) is 16.8. The molecule has 0 spiro atoms. The molecule has 5 nitrogen and oxygen atoms in total. The molecule has 0 radical (unpaired) electrons. The van der Waals surface area contributed by atoms with Crippen LogP contribution in [0.25, 0.3) is 0 Å². The van der Waals surface area contributed by atoms with Crippen LogP contribution in [-0.2, 0) is 4.79 Å². The Morgan fingerprint density at radius 1 is 1.09 bits per heavy atom. The average Bonchev–Trinajstić information content (AvgIpc) is 2.54. The molecule has 2 aromatic rings. The molecule has 0 aliphatic rings. The summed E-state index contributed by atoms with van der Waals surface area (Å²) >= 11 is 0. The van der Waals surface area contributed by atoms with Crippen molar-refractivity contribution in [3.8, 4) is 0 Å². The van der Waals surface area contributed by atoms with Gasteiger partial charge in [-0.15, -0.1) is 0 Å². The van der Waals surface area contributed by atoms with E-state index < -0.39 is 23.7 Å². The van der Waals surface area contributed by atoms with Crippen LogP contribution in [0, 0.1) is 5.82 Å². The molecule has 0 saturated heterocycles. The molecule has 0 fully saturated rings. The predicted octanol–water partition coefficient (Wildman–Crippen LogP) is 2.75. The van der Waals surface area contributed by atoms with Gasteiger partial charge in [0.2, 0.25) is 5.91 Å². The van der Waals surface area contributed by atoms with E-state index in [0.29, 0.717) is 12.1 Å². The fourth-order valence-corrected chi connectivity index (χ4v) is 1.98. The first-order valence-corrected chi connectivity index (χ1v) is 7.24. The van der Waals surface area contributed by atoms with Gasteiger partial charge in [-0.3, -0.25) is 9.59 Å². The van der Waals surface area contributed by atoms with Crippen molar-refractivity contribution >= 4 is 23.2 Å². The van der Waals surface area contributed by atoms with Gasteiger partial charge >= 0.3 is 0 Å². The maximum absolute atomic E-state index is 14.1. The Hall–Kier alpha value is -2.73. The lowest BCUT2D eigenvalue weighted by molar-refractivity contribution is -0.117. The van der Waals surface area contributed by atoms with E-state index in [1.807, 2.05) is 0 Å². The summed E-state index contributed by atoms with van der Waals surface area (Å²) in [6.07, 6.45) is 0.437. The van der Waals surface area contributed by atoms with Gasteiger partial charge in [-0.1, -0.05) is 31.2 Å². The molecule has 6 heteroatoms. The van der Waals surface area contributed by atoms with Crippen LogP contribution in [0.3, 0.4) is 0 Å². The fourth-order valence-electron chi connectivity index (χ4n) is 1.98. The standard InChI is InChI=1S/C17H18FN3O2/c1-2-13(19)16(22)21-14-10-6-9-12(18)15(14)17(23)20-11-7-4-3-5-8-11/h3-10,13H,2,19H2,1H3,(H,20,23)(H,21,22). The second-order valence-corrected chi connectivity index (χ2v) is 4.99. The molecule has 23 heavy (non-hydrogen) atoms. The van der Waals surface area contributed by atoms with Gasteiger partial charge in [-0.05, 0) is 30.7 Å². The zero-order valence-electron chi connectivity index (χ0n) is 12.7. The molecule has 4 N–H and O–H groups in total. The van der Waals surface area contributed by atoms with E-state index in [2.05, 4.69) is 10.6 Å². The molecule has 1 unspecified atom stereocenters. The second kappa shape index (κ2) is 7.51. The fraction of sp³-hybridized carbons (Fsp3) is 0.176. The van der Waals surface area contributed by atoms with Crippen LogP contribution in [0.2, 0.25) is 0 Å². The van der Waals surface area contributed by atoms with E-state index in [-0.39, 0.29) is 11.3 Å². The van der Waals surface area contributed by atoms with Crippen molar-refractivity contribution in [3.05, 3.63) is 59.9 Å². The van der Waals surface area contributed by atoms with Gasteiger partial charge in [0.05, 0.1) is 17.3 Å². The number of nitrogens with one attached hydrogen (secondary N) is 2. The third kappa shape index (κ3) is 4.14. The summed E-state index contributed by atoms with van der Waals surface area (Å²) in [5.74, 6) is -1.83. The van der Waals surface area contributed by atoms with Crippen LogP contribution in [0.15, 0.2) is 48.5 Å². The molecule has 2 amide bonds. The first-order chi connectivity index (χ1) is 11.0. The normalized spacial score (nSPS) is 11.6. The van der Waals surface area contributed by atoms with Crippen LogP contribution in [0.5, 0.6) is 0 Å². The smallest absolute Gasteiger partial charge is 0.260 e. The molecule has 0 aliphatic carbocycles. The van der Waals surface area contributed by atoms with Crippen molar-refractivity contribution in [2.75, 3.05) is 10.6 Å². The molecule has 2 aromatic carbocycles. The number of hydrogen-bond donors (Lipinski definition) is 3. The van der Waals surface area contributed by atoms with Crippen molar-refractivity contribution in [1.29, 1.82) is 0 Å². The Bertz CT molecular complexity index is 704. The Morgan fingerprint density at radius 3 is 2.43 bits per heavy atom. The lowest BCUT2D eigenvalue weighted by Gasteiger charge is -2.14. The minimum atomic E-state index is -0.721. The van der Waals surface area contributed by atoms with E-state index in [1.54, 1.807) is 37.3 Å². The quantitative estimate of drug-likeness (QED) is 0.793. The number of benzene rings is 2. The largest absolute Gasteiger partial charge is 0.324 e. The van der Waals surface area contributed by atoms with Crippen molar-refractivity contribution in [1.82, 2.24) is 0 Å². The van der Waals surface area contributed by atoms with Crippen LogP contribution >= 0.6 is 0 Å². The summed E-state index contributed by atoms with van der Waals surface area (Å²) in [4.78, 5) is 24.2. The molecule has 0 aliphatic heterocycles. The first kappa shape index (κ1) is 16.6. The average molecular weight is 315 g/mol. The maximum atomic E-state index is 14.1. The molecule has 0 aromatic heterocycles. The number of halogens is 1. The van der Waals surface area contributed by atoms with E-state index in [1.165, 1.54) is 12.1 Å². The predicted molar refractivity (Wildman–Crippen MR) is 87.7 cm³/mol. The van der Waals surface area contributed by atoms with E-state index in [9.17, 15) is 14.0 Å². The van der Waals surface area contributed by atoms with E-state index in [0.717, 1.165) is 6.07 Å².